The van der Waals surface area contributed by atoms with Crippen LogP contribution in [0.15, 0.2) is 0 Å². The average molecular weight is 212 g/mol. The van der Waals surface area contributed by atoms with E-state index >= 15 is 0 Å². The molecule has 1 saturated heterocycles. The second kappa shape index (κ2) is 4.08. The third kappa shape index (κ3) is 3.79. The van der Waals surface area contributed by atoms with Gasteiger partial charge < -0.3 is 4.74 Å². The fraction of sp³-hybridized carbons (Fsp3) is 1.00. The molecule has 0 radical (unpaired) electrons. The van der Waals surface area contributed by atoms with Crippen molar-refractivity contribution in [1.29, 1.82) is 0 Å². The van der Waals surface area contributed by atoms with Crippen LogP contribution in [-0.4, -0.2) is 12.2 Å². The molecule has 1 nitrogen and oxygen atoms in total. The highest BCUT2D eigenvalue weighted by atomic mass is 16.5. The van der Waals surface area contributed by atoms with Crippen molar-refractivity contribution in [1.82, 2.24) is 0 Å². The van der Waals surface area contributed by atoms with Gasteiger partial charge in [-0.3, -0.25) is 0 Å². The zero-order valence-electron chi connectivity index (χ0n) is 11.6. The molecule has 0 saturated carbocycles. The predicted molar refractivity (Wildman–Crippen MR) is 66.0 cm³/mol. The Kier molecular flexibility index (Phi) is 3.55. The smallest absolute Gasteiger partial charge is 0.0653 e. The summed E-state index contributed by atoms with van der Waals surface area (Å²) in [6.07, 6.45) is 3.33. The van der Waals surface area contributed by atoms with E-state index in [-0.39, 0.29) is 5.41 Å². The first-order valence-corrected chi connectivity index (χ1v) is 6.25. The topological polar surface area (TPSA) is 9.23 Å². The maximum Gasteiger partial charge on any atom is 0.0653 e. The van der Waals surface area contributed by atoms with Gasteiger partial charge in [-0.2, -0.15) is 0 Å². The summed E-state index contributed by atoms with van der Waals surface area (Å²) >= 11 is 0. The summed E-state index contributed by atoms with van der Waals surface area (Å²) in [4.78, 5) is 0. The number of rotatable bonds is 1. The molecule has 0 amide bonds. The van der Waals surface area contributed by atoms with E-state index < -0.39 is 0 Å². The summed E-state index contributed by atoms with van der Waals surface area (Å²) in [5.74, 6) is 0.706. The first kappa shape index (κ1) is 13.0. The minimum Gasteiger partial charge on any atom is -0.374 e. The van der Waals surface area contributed by atoms with E-state index in [1.54, 1.807) is 0 Å². The Morgan fingerprint density at radius 1 is 1.07 bits per heavy atom. The van der Waals surface area contributed by atoms with Crippen molar-refractivity contribution in [2.24, 2.45) is 16.7 Å². The molecule has 15 heavy (non-hydrogen) atoms. The summed E-state index contributed by atoms with van der Waals surface area (Å²) in [5.41, 5.74) is 0.670. The minimum absolute atomic E-state index is 0.284. The number of ether oxygens (including phenoxy) is 1. The van der Waals surface area contributed by atoms with E-state index in [4.69, 9.17) is 4.74 Å². The number of hydrogen-bond donors (Lipinski definition) is 0. The molecule has 1 rings (SSSR count). The van der Waals surface area contributed by atoms with Gasteiger partial charge in [0, 0.05) is 0 Å². The quantitative estimate of drug-likeness (QED) is 0.631. The molecule has 1 heterocycles. The molecular formula is C14H28O. The molecule has 3 atom stereocenters. The molecule has 0 spiro atoms. The SMILES string of the molecule is CC1CC(CC(C)(C)C)OC1C(C)(C)C. The fourth-order valence-corrected chi connectivity index (χ4v) is 2.81. The van der Waals surface area contributed by atoms with Crippen molar-refractivity contribution in [2.75, 3.05) is 0 Å². The molecule has 1 fully saturated rings. The zero-order valence-corrected chi connectivity index (χ0v) is 11.6. The average Bonchev–Trinajstić information content (AvgIpc) is 2.25. The molecule has 0 aromatic rings. The van der Waals surface area contributed by atoms with Crippen molar-refractivity contribution >= 4 is 0 Å². The molecule has 3 unspecified atom stereocenters. The maximum absolute atomic E-state index is 6.21. The molecule has 0 aromatic heterocycles. The van der Waals surface area contributed by atoms with Crippen LogP contribution in [0.25, 0.3) is 0 Å². The molecule has 0 N–H and O–H groups in total. The van der Waals surface area contributed by atoms with Crippen molar-refractivity contribution in [2.45, 2.75) is 73.5 Å². The van der Waals surface area contributed by atoms with Crippen molar-refractivity contribution in [3.05, 3.63) is 0 Å². The first-order valence-electron chi connectivity index (χ1n) is 6.25. The Balaban J connectivity index is 2.57. The van der Waals surface area contributed by atoms with Crippen LogP contribution in [0.4, 0.5) is 0 Å². The van der Waals surface area contributed by atoms with E-state index in [1.165, 1.54) is 12.8 Å². The zero-order chi connectivity index (χ0) is 11.9. The maximum atomic E-state index is 6.21. The van der Waals surface area contributed by atoms with Crippen LogP contribution in [0.1, 0.15) is 61.3 Å². The molecule has 1 heteroatoms. The Hall–Kier alpha value is -0.0400. The van der Waals surface area contributed by atoms with Gasteiger partial charge in [0.05, 0.1) is 12.2 Å². The molecule has 1 aliphatic rings. The highest BCUT2D eigenvalue weighted by Gasteiger charge is 2.40. The van der Waals surface area contributed by atoms with Gasteiger partial charge in [-0.05, 0) is 29.6 Å². The summed E-state index contributed by atoms with van der Waals surface area (Å²) in [5, 5.41) is 0. The highest BCUT2D eigenvalue weighted by Crippen LogP contribution is 2.40. The number of hydrogen-bond acceptors (Lipinski definition) is 1. The van der Waals surface area contributed by atoms with Crippen LogP contribution < -0.4 is 0 Å². The third-order valence-electron chi connectivity index (χ3n) is 3.18. The standard InChI is InChI=1S/C14H28O/c1-10-8-11(9-13(2,3)4)15-12(10)14(5,6)7/h10-12H,8-9H2,1-7H3. The fourth-order valence-electron chi connectivity index (χ4n) is 2.81. The van der Waals surface area contributed by atoms with E-state index in [9.17, 15) is 0 Å². The lowest BCUT2D eigenvalue weighted by molar-refractivity contribution is -0.0391. The van der Waals surface area contributed by atoms with E-state index in [2.05, 4.69) is 48.5 Å². The van der Waals surface area contributed by atoms with Gasteiger partial charge in [0.15, 0.2) is 0 Å². The monoisotopic (exact) mass is 212 g/mol. The van der Waals surface area contributed by atoms with Crippen LogP contribution in [0.2, 0.25) is 0 Å². The lowest BCUT2D eigenvalue weighted by atomic mass is 9.81. The van der Waals surface area contributed by atoms with Crippen LogP contribution in [0, 0.1) is 16.7 Å². The summed E-state index contributed by atoms with van der Waals surface area (Å²) < 4.78 is 6.21. The summed E-state index contributed by atoms with van der Waals surface area (Å²) in [7, 11) is 0. The first-order chi connectivity index (χ1) is 6.59. The van der Waals surface area contributed by atoms with Crippen LogP contribution in [0.5, 0.6) is 0 Å². The summed E-state index contributed by atoms with van der Waals surface area (Å²) in [6.45, 7) is 16.1. The van der Waals surface area contributed by atoms with E-state index in [0.29, 0.717) is 23.5 Å². The van der Waals surface area contributed by atoms with Gasteiger partial charge >= 0.3 is 0 Å². The van der Waals surface area contributed by atoms with Crippen molar-refractivity contribution in [3.8, 4) is 0 Å². The molecule has 1 aliphatic heterocycles. The molecule has 0 aromatic carbocycles. The molecule has 0 bridgehead atoms. The van der Waals surface area contributed by atoms with Gasteiger partial charge in [-0.15, -0.1) is 0 Å². The molecular weight excluding hydrogens is 184 g/mol. The second-order valence-electron chi connectivity index (χ2n) is 7.52. The third-order valence-corrected chi connectivity index (χ3v) is 3.18. The van der Waals surface area contributed by atoms with Crippen LogP contribution in [-0.2, 0) is 4.74 Å². The van der Waals surface area contributed by atoms with Crippen molar-refractivity contribution in [3.63, 3.8) is 0 Å². The normalized spacial score (nSPS) is 33.4. The summed E-state index contributed by atoms with van der Waals surface area (Å²) in [6, 6.07) is 0. The lowest BCUT2D eigenvalue weighted by Gasteiger charge is -2.30. The van der Waals surface area contributed by atoms with E-state index in [0.717, 1.165) is 0 Å². The largest absolute Gasteiger partial charge is 0.374 e. The Morgan fingerprint density at radius 3 is 1.93 bits per heavy atom. The Morgan fingerprint density at radius 2 is 1.60 bits per heavy atom. The highest BCUT2D eigenvalue weighted by molar-refractivity contribution is 4.88. The van der Waals surface area contributed by atoms with Crippen molar-refractivity contribution < 1.29 is 4.74 Å². The van der Waals surface area contributed by atoms with Gasteiger partial charge in [-0.25, -0.2) is 0 Å². The lowest BCUT2D eigenvalue weighted by Crippen LogP contribution is -2.31. The molecule has 90 valence electrons. The van der Waals surface area contributed by atoms with Crippen LogP contribution in [0.3, 0.4) is 0 Å². The van der Waals surface area contributed by atoms with Gasteiger partial charge in [0.25, 0.3) is 0 Å². The second-order valence-corrected chi connectivity index (χ2v) is 7.52. The predicted octanol–water partition coefficient (Wildman–Crippen LogP) is 4.26. The molecule has 0 aliphatic carbocycles. The van der Waals surface area contributed by atoms with Gasteiger partial charge in [0.1, 0.15) is 0 Å². The van der Waals surface area contributed by atoms with Gasteiger partial charge in [-0.1, -0.05) is 48.5 Å². The van der Waals surface area contributed by atoms with E-state index in [1.807, 2.05) is 0 Å². The van der Waals surface area contributed by atoms with Crippen LogP contribution >= 0.6 is 0 Å². The Labute approximate surface area is 95.6 Å². The van der Waals surface area contributed by atoms with Gasteiger partial charge in [0.2, 0.25) is 0 Å². The minimum atomic E-state index is 0.284. The Bertz CT molecular complexity index is 206.